The first kappa shape index (κ1) is 20.5. The zero-order chi connectivity index (χ0) is 22.5. The Morgan fingerprint density at radius 2 is 1.81 bits per heavy atom. The second-order valence-corrected chi connectivity index (χ2v) is 9.23. The minimum Gasteiger partial charge on any atom is -0.454 e. The largest absolute Gasteiger partial charge is 0.454 e. The van der Waals surface area contributed by atoms with E-state index in [0.29, 0.717) is 52.7 Å². The summed E-state index contributed by atoms with van der Waals surface area (Å²) in [5, 5.41) is 4.73. The van der Waals surface area contributed by atoms with E-state index in [-0.39, 0.29) is 17.6 Å². The number of aromatic nitrogens is 2. The summed E-state index contributed by atoms with van der Waals surface area (Å²) >= 11 is 0. The van der Waals surface area contributed by atoms with Gasteiger partial charge in [0.2, 0.25) is 22.6 Å². The number of ether oxygens (including phenoxy) is 2. The average molecular weight is 455 g/mol. The highest BCUT2D eigenvalue weighted by molar-refractivity contribution is 7.89. The van der Waals surface area contributed by atoms with Crippen molar-refractivity contribution in [3.8, 4) is 34.5 Å². The van der Waals surface area contributed by atoms with Crippen LogP contribution in [0.1, 0.15) is 19.4 Å². The molecule has 0 unspecified atom stereocenters. The molecule has 32 heavy (non-hydrogen) atoms. The Balaban J connectivity index is 1.53. The van der Waals surface area contributed by atoms with E-state index in [1.165, 1.54) is 4.31 Å². The van der Waals surface area contributed by atoms with E-state index < -0.39 is 10.0 Å². The molecule has 10 heteroatoms. The molecule has 0 spiro atoms. The first-order valence-electron chi connectivity index (χ1n) is 10.2. The van der Waals surface area contributed by atoms with Crippen LogP contribution in [0.5, 0.6) is 11.5 Å². The van der Waals surface area contributed by atoms with Crippen LogP contribution in [0.2, 0.25) is 0 Å². The molecule has 9 nitrogen and oxygen atoms in total. The summed E-state index contributed by atoms with van der Waals surface area (Å²) in [6, 6.07) is 10.2. The maximum atomic E-state index is 12.9. The van der Waals surface area contributed by atoms with Crippen LogP contribution in [-0.2, 0) is 10.0 Å². The minimum absolute atomic E-state index is 0.181. The van der Waals surface area contributed by atoms with Gasteiger partial charge in [0, 0.05) is 29.6 Å². The predicted octanol–water partition coefficient (Wildman–Crippen LogP) is 4.22. The fraction of sp³-hybridized carbons (Fsp3) is 0.273. The van der Waals surface area contributed by atoms with E-state index in [0.717, 1.165) is 5.56 Å². The van der Waals surface area contributed by atoms with Gasteiger partial charge in [0.05, 0.1) is 4.90 Å². The Kier molecular flexibility index (Phi) is 4.90. The summed E-state index contributed by atoms with van der Waals surface area (Å²) < 4.78 is 49.3. The van der Waals surface area contributed by atoms with Gasteiger partial charge in [-0.05, 0) is 43.3 Å². The Bertz CT molecular complexity index is 1420. The van der Waals surface area contributed by atoms with E-state index in [9.17, 15) is 8.42 Å². The molecule has 5 rings (SSSR count). The summed E-state index contributed by atoms with van der Waals surface area (Å²) in [5.41, 5.74) is 1.97. The maximum Gasteiger partial charge on any atom is 0.294 e. The van der Waals surface area contributed by atoms with Gasteiger partial charge in [0.25, 0.3) is 5.89 Å². The molecule has 2 aromatic heterocycles. The topological polar surface area (TPSA) is 108 Å². The molecule has 0 atom stereocenters. The summed E-state index contributed by atoms with van der Waals surface area (Å²) in [7, 11) is -3.58. The van der Waals surface area contributed by atoms with Gasteiger partial charge in [0.1, 0.15) is 5.58 Å². The van der Waals surface area contributed by atoms with Crippen LogP contribution in [0.15, 0.2) is 50.2 Å². The summed E-state index contributed by atoms with van der Waals surface area (Å²) in [6.07, 6.45) is 0. The third-order valence-electron chi connectivity index (χ3n) is 5.50. The molecule has 3 heterocycles. The lowest BCUT2D eigenvalue weighted by atomic mass is 10.1. The standard InChI is InChI=1S/C22H21N3O6S/c1-4-25(5-2)32(26,27)15-7-9-17-16(11-15)13(3)20(30-17)22-23-21(24-31-22)14-6-8-18-19(10-14)29-12-28-18/h6-11H,4-5,12H2,1-3H3. The maximum absolute atomic E-state index is 12.9. The normalized spacial score (nSPS) is 13.4. The molecule has 0 bridgehead atoms. The molecule has 0 N–H and O–H groups in total. The van der Waals surface area contributed by atoms with Crippen LogP contribution in [0, 0.1) is 6.92 Å². The van der Waals surface area contributed by atoms with Gasteiger partial charge < -0.3 is 18.4 Å². The number of nitrogens with zero attached hydrogens (tertiary/aromatic N) is 3. The molecule has 0 saturated carbocycles. The number of fused-ring (bicyclic) bond motifs is 2. The van der Waals surface area contributed by atoms with E-state index in [4.69, 9.17) is 18.4 Å². The fourth-order valence-electron chi connectivity index (χ4n) is 3.75. The van der Waals surface area contributed by atoms with Crippen LogP contribution in [0.3, 0.4) is 0 Å². The summed E-state index contributed by atoms with van der Waals surface area (Å²) in [5.74, 6) is 2.27. The van der Waals surface area contributed by atoms with Crippen LogP contribution < -0.4 is 9.47 Å². The van der Waals surface area contributed by atoms with E-state index in [2.05, 4.69) is 10.1 Å². The van der Waals surface area contributed by atoms with Gasteiger partial charge in [-0.25, -0.2) is 8.42 Å². The minimum atomic E-state index is -3.58. The van der Waals surface area contributed by atoms with Crippen molar-refractivity contribution in [1.82, 2.24) is 14.4 Å². The van der Waals surface area contributed by atoms with Crippen LogP contribution in [0.25, 0.3) is 34.0 Å². The van der Waals surface area contributed by atoms with Crippen LogP contribution >= 0.6 is 0 Å². The molecule has 166 valence electrons. The number of rotatable bonds is 6. The van der Waals surface area contributed by atoms with Gasteiger partial charge >= 0.3 is 0 Å². The number of hydrogen-bond donors (Lipinski definition) is 0. The SMILES string of the molecule is CCN(CC)S(=O)(=O)c1ccc2oc(-c3nc(-c4ccc5c(c4)OCO5)no3)c(C)c2c1. The molecular formula is C22H21N3O6S. The molecule has 1 aliphatic heterocycles. The number of hydrogen-bond acceptors (Lipinski definition) is 8. The molecule has 0 radical (unpaired) electrons. The van der Waals surface area contributed by atoms with Crippen molar-refractivity contribution in [2.45, 2.75) is 25.7 Å². The number of aryl methyl sites for hydroxylation is 1. The van der Waals surface area contributed by atoms with Crippen molar-refractivity contribution >= 4 is 21.0 Å². The van der Waals surface area contributed by atoms with E-state index >= 15 is 0 Å². The fourth-order valence-corrected chi connectivity index (χ4v) is 5.23. The molecule has 4 aromatic rings. The number of sulfonamides is 1. The van der Waals surface area contributed by atoms with Gasteiger partial charge in [-0.3, -0.25) is 0 Å². The molecular weight excluding hydrogens is 434 g/mol. The summed E-state index contributed by atoms with van der Waals surface area (Å²) in [6.45, 7) is 6.44. The van der Waals surface area contributed by atoms with Gasteiger partial charge in [0.15, 0.2) is 17.3 Å². The third-order valence-corrected chi connectivity index (χ3v) is 7.55. The lowest BCUT2D eigenvalue weighted by Gasteiger charge is -2.18. The van der Waals surface area contributed by atoms with Crippen LogP contribution in [0.4, 0.5) is 0 Å². The van der Waals surface area contributed by atoms with Crippen molar-refractivity contribution < 1.29 is 26.8 Å². The zero-order valence-electron chi connectivity index (χ0n) is 17.8. The Labute approximate surface area is 184 Å². The Hall–Kier alpha value is -3.37. The van der Waals surface area contributed by atoms with Gasteiger partial charge in [-0.1, -0.05) is 19.0 Å². The smallest absolute Gasteiger partial charge is 0.294 e. The van der Waals surface area contributed by atoms with Crippen molar-refractivity contribution in [1.29, 1.82) is 0 Å². The van der Waals surface area contributed by atoms with Crippen molar-refractivity contribution in [3.63, 3.8) is 0 Å². The second-order valence-electron chi connectivity index (χ2n) is 7.29. The predicted molar refractivity (Wildman–Crippen MR) is 116 cm³/mol. The molecule has 0 amide bonds. The Morgan fingerprint density at radius 3 is 2.59 bits per heavy atom. The van der Waals surface area contributed by atoms with E-state index in [1.54, 1.807) is 30.3 Å². The quantitative estimate of drug-likeness (QED) is 0.425. The first-order chi connectivity index (χ1) is 15.4. The van der Waals surface area contributed by atoms with Gasteiger partial charge in [-0.2, -0.15) is 9.29 Å². The molecule has 0 saturated heterocycles. The molecule has 0 fully saturated rings. The third kappa shape index (κ3) is 3.23. The van der Waals surface area contributed by atoms with Crippen molar-refractivity contribution in [2.75, 3.05) is 19.9 Å². The Morgan fingerprint density at radius 1 is 1.03 bits per heavy atom. The van der Waals surface area contributed by atoms with Gasteiger partial charge in [-0.15, -0.1) is 0 Å². The molecule has 2 aromatic carbocycles. The monoisotopic (exact) mass is 455 g/mol. The highest BCUT2D eigenvalue weighted by Gasteiger charge is 2.25. The van der Waals surface area contributed by atoms with Crippen molar-refractivity contribution in [3.05, 3.63) is 42.0 Å². The zero-order valence-corrected chi connectivity index (χ0v) is 18.6. The second kappa shape index (κ2) is 7.64. The molecule has 1 aliphatic rings. The first-order valence-corrected chi connectivity index (χ1v) is 11.6. The highest BCUT2D eigenvalue weighted by atomic mass is 32.2. The lowest BCUT2D eigenvalue weighted by molar-refractivity contribution is 0.174. The summed E-state index contributed by atoms with van der Waals surface area (Å²) in [4.78, 5) is 4.68. The van der Waals surface area contributed by atoms with Crippen LogP contribution in [-0.4, -0.2) is 42.7 Å². The molecule has 0 aliphatic carbocycles. The highest BCUT2D eigenvalue weighted by Crippen LogP contribution is 2.37. The van der Waals surface area contributed by atoms with E-state index in [1.807, 2.05) is 26.8 Å². The number of benzene rings is 2. The lowest BCUT2D eigenvalue weighted by Crippen LogP contribution is -2.30. The average Bonchev–Trinajstić information content (AvgIpc) is 3.52. The van der Waals surface area contributed by atoms with Crippen molar-refractivity contribution in [2.24, 2.45) is 0 Å². The number of furan rings is 1.